The molecule has 186 valence electrons. The van der Waals surface area contributed by atoms with Crippen molar-refractivity contribution in [3.63, 3.8) is 0 Å². The minimum atomic E-state index is -0.739. The Morgan fingerprint density at radius 3 is 2.11 bits per heavy atom. The molecule has 3 aromatic carbocycles. The maximum absolute atomic E-state index is 13.4. The monoisotopic (exact) mass is 490 g/mol. The van der Waals surface area contributed by atoms with Gasteiger partial charge in [0.2, 0.25) is 0 Å². The molecule has 0 saturated carbocycles. The summed E-state index contributed by atoms with van der Waals surface area (Å²) < 4.78 is 10.3. The summed E-state index contributed by atoms with van der Waals surface area (Å²) in [6, 6.07) is 19.0. The molecule has 1 aliphatic heterocycles. The van der Waals surface area contributed by atoms with Crippen LogP contribution in [0.5, 0.6) is 11.5 Å². The molecule has 2 amide bonds. The highest BCUT2D eigenvalue weighted by Crippen LogP contribution is 2.35. The molecule has 0 atom stereocenters. The van der Waals surface area contributed by atoms with Crippen molar-refractivity contribution in [1.29, 1.82) is 0 Å². The predicted molar refractivity (Wildman–Crippen MR) is 135 cm³/mol. The van der Waals surface area contributed by atoms with Crippen molar-refractivity contribution in [3.8, 4) is 11.5 Å². The summed E-state index contributed by atoms with van der Waals surface area (Å²) in [6.45, 7) is 2.42. The fourth-order valence-corrected chi connectivity index (χ4v) is 4.15. The third-order valence-corrected chi connectivity index (χ3v) is 6.04. The standard InChI is InChI=1S/C26H26N4O6/c1-35-23-16-20(22(30(33)34)17-24(23)36-2)25(31)27-21-11-7-6-10-19(21)26(32)29-14-12-28(13-15-29)18-8-4-3-5-9-18/h3-11,16-17H,12-15H2,1-2H3,(H,27,31). The van der Waals surface area contributed by atoms with Gasteiger partial charge < -0.3 is 24.6 Å². The molecule has 0 radical (unpaired) electrons. The second kappa shape index (κ2) is 10.8. The van der Waals surface area contributed by atoms with Gasteiger partial charge in [-0.15, -0.1) is 0 Å². The van der Waals surface area contributed by atoms with E-state index in [1.54, 1.807) is 29.2 Å². The van der Waals surface area contributed by atoms with Gasteiger partial charge in [0.15, 0.2) is 11.5 Å². The molecular weight excluding hydrogens is 464 g/mol. The van der Waals surface area contributed by atoms with E-state index in [1.807, 2.05) is 30.3 Å². The predicted octanol–water partition coefficient (Wildman–Crippen LogP) is 3.83. The average molecular weight is 491 g/mol. The van der Waals surface area contributed by atoms with Crippen LogP contribution in [0.1, 0.15) is 20.7 Å². The largest absolute Gasteiger partial charge is 0.493 e. The summed E-state index contributed by atoms with van der Waals surface area (Å²) in [6.07, 6.45) is 0. The first kappa shape index (κ1) is 24.5. The highest BCUT2D eigenvalue weighted by molar-refractivity contribution is 6.11. The molecule has 0 unspecified atom stereocenters. The summed E-state index contributed by atoms with van der Waals surface area (Å²) in [7, 11) is 2.72. The van der Waals surface area contributed by atoms with Gasteiger partial charge in [0.05, 0.1) is 36.5 Å². The number of hydrogen-bond donors (Lipinski definition) is 1. The molecule has 36 heavy (non-hydrogen) atoms. The topological polar surface area (TPSA) is 114 Å². The number of nitrogens with zero attached hydrogens (tertiary/aromatic N) is 3. The van der Waals surface area contributed by atoms with Crippen LogP contribution in [0, 0.1) is 10.1 Å². The zero-order chi connectivity index (χ0) is 25.7. The molecular formula is C26H26N4O6. The van der Waals surface area contributed by atoms with Gasteiger partial charge in [-0.1, -0.05) is 30.3 Å². The first-order valence-electron chi connectivity index (χ1n) is 11.3. The van der Waals surface area contributed by atoms with Crippen molar-refractivity contribution in [1.82, 2.24) is 4.90 Å². The Balaban J connectivity index is 1.54. The molecule has 0 spiro atoms. The van der Waals surface area contributed by atoms with Gasteiger partial charge in [-0.3, -0.25) is 19.7 Å². The number of nitrogens with one attached hydrogen (secondary N) is 1. The fraction of sp³-hybridized carbons (Fsp3) is 0.231. The fourth-order valence-electron chi connectivity index (χ4n) is 4.15. The minimum absolute atomic E-state index is 0.131. The minimum Gasteiger partial charge on any atom is -0.493 e. The summed E-state index contributed by atoms with van der Waals surface area (Å²) >= 11 is 0. The third kappa shape index (κ3) is 5.07. The van der Waals surface area contributed by atoms with Crippen molar-refractivity contribution in [2.45, 2.75) is 0 Å². The van der Waals surface area contributed by atoms with Gasteiger partial charge in [0, 0.05) is 37.9 Å². The number of benzene rings is 3. The molecule has 3 aromatic rings. The molecule has 1 aliphatic rings. The van der Waals surface area contributed by atoms with Crippen LogP contribution in [0.3, 0.4) is 0 Å². The van der Waals surface area contributed by atoms with E-state index in [1.165, 1.54) is 20.3 Å². The zero-order valence-corrected chi connectivity index (χ0v) is 20.0. The first-order valence-corrected chi connectivity index (χ1v) is 11.3. The maximum atomic E-state index is 13.4. The van der Waals surface area contributed by atoms with Crippen LogP contribution >= 0.6 is 0 Å². The lowest BCUT2D eigenvalue weighted by molar-refractivity contribution is -0.385. The van der Waals surface area contributed by atoms with Crippen LogP contribution in [-0.4, -0.2) is 62.0 Å². The number of anilines is 2. The number of amides is 2. The second-order valence-electron chi connectivity index (χ2n) is 8.10. The number of carbonyl (C=O) groups excluding carboxylic acids is 2. The third-order valence-electron chi connectivity index (χ3n) is 6.04. The molecule has 1 heterocycles. The van der Waals surface area contributed by atoms with Crippen LogP contribution in [0.15, 0.2) is 66.7 Å². The Hall–Kier alpha value is -4.60. The maximum Gasteiger partial charge on any atom is 0.286 e. The van der Waals surface area contributed by atoms with E-state index >= 15 is 0 Å². The normalized spacial score (nSPS) is 13.2. The van der Waals surface area contributed by atoms with E-state index in [4.69, 9.17) is 9.47 Å². The number of ether oxygens (including phenoxy) is 2. The number of rotatable bonds is 7. The van der Waals surface area contributed by atoms with Crippen LogP contribution in [0.2, 0.25) is 0 Å². The van der Waals surface area contributed by atoms with Crippen molar-refractivity contribution >= 4 is 28.9 Å². The SMILES string of the molecule is COc1cc(C(=O)Nc2ccccc2C(=O)N2CCN(c3ccccc3)CC2)c([N+](=O)[O-])cc1OC. The van der Waals surface area contributed by atoms with E-state index in [2.05, 4.69) is 10.2 Å². The van der Waals surface area contributed by atoms with Crippen LogP contribution in [0.25, 0.3) is 0 Å². The van der Waals surface area contributed by atoms with Crippen molar-refractivity contribution in [3.05, 3.63) is 88.0 Å². The van der Waals surface area contributed by atoms with Crippen LogP contribution < -0.4 is 19.7 Å². The van der Waals surface area contributed by atoms with Gasteiger partial charge >= 0.3 is 0 Å². The Labute approximate surface area is 208 Å². The molecule has 0 bridgehead atoms. The number of methoxy groups -OCH3 is 2. The Kier molecular flexibility index (Phi) is 7.33. The van der Waals surface area contributed by atoms with E-state index in [9.17, 15) is 19.7 Å². The quantitative estimate of drug-likeness (QED) is 0.395. The summed E-state index contributed by atoms with van der Waals surface area (Å²) in [5, 5.41) is 14.3. The smallest absolute Gasteiger partial charge is 0.286 e. The van der Waals surface area contributed by atoms with E-state index in [0.717, 1.165) is 11.8 Å². The zero-order valence-electron chi connectivity index (χ0n) is 20.0. The Morgan fingerprint density at radius 2 is 1.47 bits per heavy atom. The summed E-state index contributed by atoms with van der Waals surface area (Å²) in [5.41, 5.74) is 1.03. The molecule has 0 aromatic heterocycles. The molecule has 1 saturated heterocycles. The summed E-state index contributed by atoms with van der Waals surface area (Å²) in [5.74, 6) is -0.655. The molecule has 10 heteroatoms. The summed E-state index contributed by atoms with van der Waals surface area (Å²) in [4.78, 5) is 41.4. The average Bonchev–Trinajstić information content (AvgIpc) is 2.92. The first-order chi connectivity index (χ1) is 17.4. The number of para-hydroxylation sites is 2. The highest BCUT2D eigenvalue weighted by atomic mass is 16.6. The molecule has 4 rings (SSSR count). The second-order valence-corrected chi connectivity index (χ2v) is 8.10. The van der Waals surface area contributed by atoms with Gasteiger partial charge in [-0.25, -0.2) is 0 Å². The lowest BCUT2D eigenvalue weighted by Crippen LogP contribution is -2.48. The number of carbonyl (C=O) groups is 2. The van der Waals surface area contributed by atoms with Gasteiger partial charge in [-0.2, -0.15) is 0 Å². The molecule has 10 nitrogen and oxygen atoms in total. The van der Waals surface area contributed by atoms with Crippen LogP contribution in [0.4, 0.5) is 17.1 Å². The lowest BCUT2D eigenvalue weighted by Gasteiger charge is -2.36. The number of piperazine rings is 1. The van der Waals surface area contributed by atoms with Crippen molar-refractivity contribution in [2.75, 3.05) is 50.6 Å². The number of nitro benzene ring substituents is 1. The van der Waals surface area contributed by atoms with Gasteiger partial charge in [0.25, 0.3) is 17.5 Å². The molecule has 1 N–H and O–H groups in total. The lowest BCUT2D eigenvalue weighted by atomic mass is 10.1. The molecule has 0 aliphatic carbocycles. The number of hydrogen-bond acceptors (Lipinski definition) is 7. The van der Waals surface area contributed by atoms with E-state index < -0.39 is 16.5 Å². The highest BCUT2D eigenvalue weighted by Gasteiger charge is 2.27. The van der Waals surface area contributed by atoms with Crippen molar-refractivity contribution in [2.24, 2.45) is 0 Å². The Morgan fingerprint density at radius 1 is 0.861 bits per heavy atom. The number of nitro groups is 1. The van der Waals surface area contributed by atoms with Crippen LogP contribution in [-0.2, 0) is 0 Å². The Bertz CT molecular complexity index is 1270. The van der Waals surface area contributed by atoms with Gasteiger partial charge in [0.1, 0.15) is 5.56 Å². The molecule has 1 fully saturated rings. The van der Waals surface area contributed by atoms with Gasteiger partial charge in [-0.05, 0) is 24.3 Å². The van der Waals surface area contributed by atoms with E-state index in [0.29, 0.717) is 31.7 Å². The van der Waals surface area contributed by atoms with Crippen molar-refractivity contribution < 1.29 is 24.0 Å². The van der Waals surface area contributed by atoms with E-state index in [-0.39, 0.29) is 28.7 Å².